The van der Waals surface area contributed by atoms with Gasteiger partial charge in [-0.1, -0.05) is 6.07 Å². The monoisotopic (exact) mass is 575 g/mol. The van der Waals surface area contributed by atoms with Crippen LogP contribution >= 0.6 is 0 Å². The first-order valence-corrected chi connectivity index (χ1v) is 13.5. The van der Waals surface area contributed by atoms with Gasteiger partial charge >= 0.3 is 6.09 Å². The van der Waals surface area contributed by atoms with Gasteiger partial charge in [0, 0.05) is 13.1 Å². The van der Waals surface area contributed by atoms with Gasteiger partial charge in [-0.05, 0) is 96.9 Å². The molecule has 0 atom stereocenters. The fraction of sp³-hybridized carbons (Fsp3) is 0.312. The van der Waals surface area contributed by atoms with Gasteiger partial charge in [0.1, 0.15) is 11.5 Å². The van der Waals surface area contributed by atoms with E-state index in [9.17, 15) is 9.59 Å². The van der Waals surface area contributed by atoms with Crippen molar-refractivity contribution in [1.82, 2.24) is 15.5 Å². The van der Waals surface area contributed by atoms with Crippen molar-refractivity contribution < 1.29 is 33.0 Å². The van der Waals surface area contributed by atoms with Crippen LogP contribution in [0.3, 0.4) is 0 Å². The summed E-state index contributed by atoms with van der Waals surface area (Å²) in [7, 11) is 8.46. The van der Waals surface area contributed by atoms with Gasteiger partial charge in [0.05, 0.1) is 40.6 Å². The molecule has 0 saturated heterocycles. The lowest BCUT2D eigenvalue weighted by Gasteiger charge is -2.16. The molecule has 10 heteroatoms. The van der Waals surface area contributed by atoms with Crippen molar-refractivity contribution in [1.29, 1.82) is 0 Å². The number of nitrogens with one attached hydrogen (secondary N) is 2. The lowest BCUT2D eigenvalue weighted by atomic mass is 10.00. The molecule has 1 aliphatic carbocycles. The molecule has 10 nitrogen and oxygen atoms in total. The van der Waals surface area contributed by atoms with Crippen LogP contribution in [0.1, 0.15) is 35.8 Å². The number of amides is 2. The minimum absolute atomic E-state index is 0.121. The normalized spacial score (nSPS) is 13.3. The number of ether oxygens (including phenoxy) is 4. The van der Waals surface area contributed by atoms with Gasteiger partial charge in [0.2, 0.25) is 11.7 Å². The maximum absolute atomic E-state index is 12.9. The van der Waals surface area contributed by atoms with Gasteiger partial charge in [-0.25, -0.2) is 4.79 Å². The number of carbonyl (C=O) groups excluding carboxylic acids is 2. The Hall–Kier alpha value is -4.70. The highest BCUT2D eigenvalue weighted by Crippen LogP contribution is 2.46. The van der Waals surface area contributed by atoms with E-state index in [1.165, 1.54) is 14.2 Å². The summed E-state index contributed by atoms with van der Waals surface area (Å²) in [5.41, 5.74) is 5.48. The third-order valence-corrected chi connectivity index (χ3v) is 6.89. The van der Waals surface area contributed by atoms with E-state index < -0.39 is 6.09 Å². The van der Waals surface area contributed by atoms with Crippen molar-refractivity contribution in [3.05, 3.63) is 76.8 Å². The van der Waals surface area contributed by atoms with E-state index in [1.54, 1.807) is 31.6 Å². The molecule has 2 aromatic carbocycles. The molecule has 0 bridgehead atoms. The van der Waals surface area contributed by atoms with Crippen LogP contribution < -0.4 is 29.6 Å². The molecular weight excluding hydrogens is 538 g/mol. The fourth-order valence-electron chi connectivity index (χ4n) is 4.70. The van der Waals surface area contributed by atoms with Crippen LogP contribution in [0.25, 0.3) is 17.2 Å². The second-order valence-electron chi connectivity index (χ2n) is 9.98. The highest BCUT2D eigenvalue weighted by molar-refractivity contribution is 6.08. The zero-order valence-corrected chi connectivity index (χ0v) is 24.8. The Labute approximate surface area is 245 Å². The molecule has 222 valence electrons. The van der Waals surface area contributed by atoms with Crippen molar-refractivity contribution in [2.75, 3.05) is 48.5 Å². The van der Waals surface area contributed by atoms with Crippen LogP contribution in [0.4, 0.5) is 4.79 Å². The van der Waals surface area contributed by atoms with Crippen LogP contribution in [0.5, 0.6) is 23.0 Å². The number of allylic oxidation sites excluding steroid dienone is 2. The summed E-state index contributed by atoms with van der Waals surface area (Å²) in [6.45, 7) is 3.41. The molecule has 0 saturated carbocycles. The van der Waals surface area contributed by atoms with E-state index in [4.69, 9.17) is 23.4 Å². The van der Waals surface area contributed by atoms with Crippen LogP contribution in [-0.2, 0) is 11.3 Å². The molecule has 2 amide bonds. The van der Waals surface area contributed by atoms with Crippen LogP contribution in [0, 0.1) is 0 Å². The number of furan rings is 1. The first kappa shape index (κ1) is 30.3. The predicted octanol–water partition coefficient (Wildman–Crippen LogP) is 4.99. The van der Waals surface area contributed by atoms with Crippen molar-refractivity contribution in [2.24, 2.45) is 0 Å². The molecule has 0 aliphatic heterocycles. The summed E-state index contributed by atoms with van der Waals surface area (Å²) in [5.74, 6) is 2.13. The minimum atomic E-state index is -0.605. The lowest BCUT2D eigenvalue weighted by molar-refractivity contribution is -0.120. The average Bonchev–Trinajstić information content (AvgIpc) is 3.59. The number of methoxy groups -OCH3 is 3. The van der Waals surface area contributed by atoms with E-state index in [1.807, 2.05) is 56.3 Å². The standard InChI is InChI=1S/C32H37N3O7/c1-20-25(14-21-15-28(39-5)31(29(16-21)40-6)42-32(37)33-11-12-35(2)3)24-10-9-22(38-4)17-27(24)26(20)18-30(36)34-19-23-8-7-13-41-23/h7-10,13-17H,11-12,18-19H2,1-6H3,(H,33,37)(H,34,36)/b25-14-. The Kier molecular flexibility index (Phi) is 9.93. The number of hydrogen-bond acceptors (Lipinski definition) is 8. The molecule has 1 aromatic heterocycles. The van der Waals surface area contributed by atoms with Gasteiger partial charge in [-0.3, -0.25) is 4.79 Å². The Bertz CT molecular complexity index is 1460. The predicted molar refractivity (Wildman–Crippen MR) is 161 cm³/mol. The van der Waals surface area contributed by atoms with E-state index >= 15 is 0 Å². The number of likely N-dealkylation sites (N-methyl/N-ethyl adjacent to an activating group) is 1. The highest BCUT2D eigenvalue weighted by atomic mass is 16.6. The first-order chi connectivity index (χ1) is 20.2. The van der Waals surface area contributed by atoms with Crippen molar-refractivity contribution in [3.63, 3.8) is 0 Å². The smallest absolute Gasteiger partial charge is 0.412 e. The number of carbonyl (C=O) groups is 2. The Balaban J connectivity index is 1.65. The summed E-state index contributed by atoms with van der Waals surface area (Å²) >= 11 is 0. The van der Waals surface area contributed by atoms with Crippen LogP contribution in [0.2, 0.25) is 0 Å². The molecule has 0 fully saturated rings. The summed E-state index contributed by atoms with van der Waals surface area (Å²) in [4.78, 5) is 27.3. The maximum atomic E-state index is 12.9. The molecule has 1 aliphatic rings. The number of fused-ring (bicyclic) bond motifs is 1. The third-order valence-electron chi connectivity index (χ3n) is 6.89. The largest absolute Gasteiger partial charge is 0.497 e. The molecular formula is C32H37N3O7. The molecule has 0 spiro atoms. The Morgan fingerprint density at radius 1 is 0.952 bits per heavy atom. The van der Waals surface area contributed by atoms with E-state index in [0.717, 1.165) is 33.4 Å². The zero-order valence-electron chi connectivity index (χ0n) is 24.8. The second-order valence-corrected chi connectivity index (χ2v) is 9.98. The SMILES string of the molecule is COc1ccc2c(c1)C(CC(=O)NCc1ccco1)=C(C)/C2=C/c1cc(OC)c(OC(=O)NCCN(C)C)c(OC)c1. The maximum Gasteiger partial charge on any atom is 0.412 e. The number of nitrogens with zero attached hydrogens (tertiary/aromatic N) is 1. The summed E-state index contributed by atoms with van der Waals surface area (Å²) in [6.07, 6.45) is 3.16. The average molecular weight is 576 g/mol. The summed E-state index contributed by atoms with van der Waals surface area (Å²) in [5, 5.41) is 5.65. The molecule has 42 heavy (non-hydrogen) atoms. The third kappa shape index (κ3) is 7.13. The Morgan fingerprint density at radius 2 is 1.69 bits per heavy atom. The lowest BCUT2D eigenvalue weighted by Crippen LogP contribution is -2.33. The first-order valence-electron chi connectivity index (χ1n) is 13.5. The van der Waals surface area contributed by atoms with Gasteiger partial charge in [-0.2, -0.15) is 0 Å². The van der Waals surface area contributed by atoms with Gasteiger partial charge in [0.15, 0.2) is 11.5 Å². The molecule has 4 rings (SSSR count). The van der Waals surface area contributed by atoms with Gasteiger partial charge in [0.25, 0.3) is 0 Å². The molecule has 3 aromatic rings. The van der Waals surface area contributed by atoms with E-state index in [-0.39, 0.29) is 18.1 Å². The van der Waals surface area contributed by atoms with Crippen LogP contribution in [0.15, 0.2) is 58.7 Å². The van der Waals surface area contributed by atoms with Crippen LogP contribution in [-0.4, -0.2) is 65.4 Å². The molecule has 0 unspecified atom stereocenters. The van der Waals surface area contributed by atoms with E-state index in [0.29, 0.717) is 42.6 Å². The minimum Gasteiger partial charge on any atom is -0.497 e. The number of benzene rings is 2. The quantitative estimate of drug-likeness (QED) is 0.311. The number of rotatable bonds is 12. The van der Waals surface area contributed by atoms with Crippen molar-refractivity contribution >= 4 is 29.2 Å². The highest BCUT2D eigenvalue weighted by Gasteiger charge is 2.26. The molecule has 0 radical (unpaired) electrons. The topological polar surface area (TPSA) is 112 Å². The second kappa shape index (κ2) is 13.8. The van der Waals surface area contributed by atoms with Crippen molar-refractivity contribution in [2.45, 2.75) is 19.9 Å². The zero-order chi connectivity index (χ0) is 30.2. The fourth-order valence-corrected chi connectivity index (χ4v) is 4.70. The van der Waals surface area contributed by atoms with Gasteiger partial charge in [-0.15, -0.1) is 0 Å². The van der Waals surface area contributed by atoms with Gasteiger partial charge < -0.3 is 38.9 Å². The molecule has 1 heterocycles. The summed E-state index contributed by atoms with van der Waals surface area (Å²) < 4.78 is 27.5. The number of hydrogen-bond donors (Lipinski definition) is 2. The molecule has 2 N–H and O–H groups in total. The Morgan fingerprint density at radius 3 is 2.31 bits per heavy atom. The summed E-state index contributed by atoms with van der Waals surface area (Å²) in [6, 6.07) is 13.0. The van der Waals surface area contributed by atoms with E-state index in [2.05, 4.69) is 10.6 Å². The van der Waals surface area contributed by atoms with Crippen molar-refractivity contribution in [3.8, 4) is 23.0 Å².